The quantitative estimate of drug-likeness (QED) is 0.896. The SMILES string of the molecule is Cc1cc(S(=O)(=O)NC2CCN(C)C2=O)ccc1Br. The molecule has 2 rings (SSSR count). The van der Waals surface area contributed by atoms with Gasteiger partial charge < -0.3 is 4.90 Å². The number of hydrogen-bond acceptors (Lipinski definition) is 3. The molecule has 1 heterocycles. The average Bonchev–Trinajstić information content (AvgIpc) is 2.64. The first-order chi connectivity index (χ1) is 8.81. The number of amides is 1. The molecule has 19 heavy (non-hydrogen) atoms. The number of likely N-dealkylation sites (tertiary alicyclic amines) is 1. The number of benzene rings is 1. The van der Waals surface area contributed by atoms with E-state index in [0.717, 1.165) is 10.0 Å². The molecule has 0 saturated carbocycles. The van der Waals surface area contributed by atoms with Gasteiger partial charge in [0.15, 0.2) is 0 Å². The van der Waals surface area contributed by atoms with Gasteiger partial charge in [0.05, 0.1) is 4.90 Å². The van der Waals surface area contributed by atoms with Crippen molar-refractivity contribution in [3.05, 3.63) is 28.2 Å². The molecule has 1 aromatic carbocycles. The molecule has 1 saturated heterocycles. The lowest BCUT2D eigenvalue weighted by Crippen LogP contribution is -2.40. The second-order valence-corrected chi connectivity index (χ2v) is 7.20. The molecule has 1 amide bonds. The normalized spacial score (nSPS) is 20.1. The van der Waals surface area contributed by atoms with Crippen molar-refractivity contribution in [1.29, 1.82) is 0 Å². The van der Waals surface area contributed by atoms with Crippen molar-refractivity contribution in [2.45, 2.75) is 24.3 Å². The fourth-order valence-electron chi connectivity index (χ4n) is 1.97. The molecule has 0 radical (unpaired) electrons. The van der Waals surface area contributed by atoms with Crippen molar-refractivity contribution in [3.8, 4) is 0 Å². The van der Waals surface area contributed by atoms with Crippen LogP contribution in [0.25, 0.3) is 0 Å². The summed E-state index contributed by atoms with van der Waals surface area (Å²) in [6, 6.07) is 4.13. The van der Waals surface area contributed by atoms with Crippen LogP contribution in [0, 0.1) is 6.92 Å². The number of carbonyl (C=O) groups excluding carboxylic acids is 1. The number of carbonyl (C=O) groups is 1. The van der Waals surface area contributed by atoms with Crippen molar-refractivity contribution >= 4 is 31.9 Å². The molecule has 0 aliphatic carbocycles. The Labute approximate surface area is 121 Å². The first kappa shape index (κ1) is 14.5. The number of nitrogens with zero attached hydrogens (tertiary/aromatic N) is 1. The molecule has 1 atom stereocenters. The van der Waals surface area contributed by atoms with Gasteiger partial charge >= 0.3 is 0 Å². The van der Waals surface area contributed by atoms with E-state index < -0.39 is 16.1 Å². The lowest BCUT2D eigenvalue weighted by molar-refractivity contribution is -0.127. The third-order valence-corrected chi connectivity index (χ3v) is 5.52. The highest BCUT2D eigenvalue weighted by Crippen LogP contribution is 2.21. The third-order valence-electron chi connectivity index (χ3n) is 3.16. The fraction of sp³-hybridized carbons (Fsp3) is 0.417. The molecule has 0 bridgehead atoms. The van der Waals surface area contributed by atoms with Crippen LogP contribution in [-0.4, -0.2) is 38.9 Å². The summed E-state index contributed by atoms with van der Waals surface area (Å²) in [5.74, 6) is -0.183. The summed E-state index contributed by atoms with van der Waals surface area (Å²) in [4.78, 5) is 13.4. The van der Waals surface area contributed by atoms with E-state index in [4.69, 9.17) is 0 Å². The third kappa shape index (κ3) is 2.98. The Balaban J connectivity index is 2.23. The Morgan fingerprint density at radius 3 is 2.63 bits per heavy atom. The fourth-order valence-corrected chi connectivity index (χ4v) is 3.53. The van der Waals surface area contributed by atoms with Crippen LogP contribution in [0.2, 0.25) is 0 Å². The van der Waals surface area contributed by atoms with E-state index >= 15 is 0 Å². The summed E-state index contributed by atoms with van der Waals surface area (Å²) < 4.78 is 27.7. The summed E-state index contributed by atoms with van der Waals surface area (Å²) in [5, 5.41) is 0. The molecule has 7 heteroatoms. The van der Waals surface area contributed by atoms with Crippen LogP contribution in [0.1, 0.15) is 12.0 Å². The molecule has 1 N–H and O–H groups in total. The largest absolute Gasteiger partial charge is 0.344 e. The Kier molecular flexibility index (Phi) is 3.98. The van der Waals surface area contributed by atoms with Crippen LogP contribution in [0.15, 0.2) is 27.6 Å². The summed E-state index contributed by atoms with van der Waals surface area (Å²) in [5.41, 5.74) is 0.831. The highest BCUT2D eigenvalue weighted by molar-refractivity contribution is 9.10. The Hall–Kier alpha value is -0.920. The highest BCUT2D eigenvalue weighted by Gasteiger charge is 2.32. The number of likely N-dealkylation sites (N-methyl/N-ethyl adjacent to an activating group) is 1. The van der Waals surface area contributed by atoms with Crippen molar-refractivity contribution in [1.82, 2.24) is 9.62 Å². The highest BCUT2D eigenvalue weighted by atomic mass is 79.9. The maximum absolute atomic E-state index is 12.2. The predicted octanol–water partition coefficient (Wildman–Crippen LogP) is 1.27. The van der Waals surface area contributed by atoms with Crippen LogP contribution in [0.5, 0.6) is 0 Å². The summed E-state index contributed by atoms with van der Waals surface area (Å²) in [7, 11) is -1.99. The van der Waals surface area contributed by atoms with Crippen LogP contribution >= 0.6 is 15.9 Å². The van der Waals surface area contributed by atoms with E-state index in [1.54, 1.807) is 19.2 Å². The van der Waals surface area contributed by atoms with E-state index in [9.17, 15) is 13.2 Å². The molecule has 1 fully saturated rings. The minimum absolute atomic E-state index is 0.176. The van der Waals surface area contributed by atoms with Gasteiger partial charge in [-0.3, -0.25) is 4.79 Å². The maximum Gasteiger partial charge on any atom is 0.241 e. The molecule has 1 aliphatic heterocycles. The van der Waals surface area contributed by atoms with Gasteiger partial charge in [0.1, 0.15) is 6.04 Å². The van der Waals surface area contributed by atoms with E-state index in [1.807, 2.05) is 6.92 Å². The summed E-state index contributed by atoms with van der Waals surface area (Å²) in [6.45, 7) is 2.39. The van der Waals surface area contributed by atoms with Gasteiger partial charge in [-0.2, -0.15) is 4.72 Å². The van der Waals surface area contributed by atoms with Crippen molar-refractivity contribution in [2.24, 2.45) is 0 Å². The Morgan fingerprint density at radius 2 is 2.11 bits per heavy atom. The predicted molar refractivity (Wildman–Crippen MR) is 75.2 cm³/mol. The number of aryl methyl sites for hydroxylation is 1. The molecule has 0 spiro atoms. The van der Waals surface area contributed by atoms with Gasteiger partial charge in [-0.05, 0) is 37.1 Å². The zero-order valence-corrected chi connectivity index (χ0v) is 13.1. The molecular weight excluding hydrogens is 332 g/mol. The Morgan fingerprint density at radius 1 is 1.42 bits per heavy atom. The van der Waals surface area contributed by atoms with Crippen molar-refractivity contribution < 1.29 is 13.2 Å². The molecule has 104 valence electrons. The minimum Gasteiger partial charge on any atom is -0.344 e. The molecule has 1 aromatic rings. The first-order valence-electron chi connectivity index (χ1n) is 5.85. The van der Waals surface area contributed by atoms with Crippen LogP contribution < -0.4 is 4.72 Å². The zero-order chi connectivity index (χ0) is 14.2. The van der Waals surface area contributed by atoms with Crippen molar-refractivity contribution in [2.75, 3.05) is 13.6 Å². The molecule has 1 aliphatic rings. The van der Waals surface area contributed by atoms with E-state index in [-0.39, 0.29) is 10.8 Å². The van der Waals surface area contributed by atoms with Crippen LogP contribution in [0.3, 0.4) is 0 Å². The topological polar surface area (TPSA) is 66.5 Å². The van der Waals surface area contributed by atoms with Gasteiger partial charge in [-0.15, -0.1) is 0 Å². The van der Waals surface area contributed by atoms with E-state index in [0.29, 0.717) is 13.0 Å². The molecular formula is C12H15BrN2O3S. The number of sulfonamides is 1. The number of nitrogens with one attached hydrogen (secondary N) is 1. The number of halogens is 1. The number of hydrogen-bond donors (Lipinski definition) is 1. The average molecular weight is 347 g/mol. The van der Waals surface area contributed by atoms with Gasteiger partial charge in [-0.1, -0.05) is 15.9 Å². The summed E-state index contributed by atoms with van der Waals surface area (Å²) in [6.07, 6.45) is 0.504. The van der Waals surface area contributed by atoms with Crippen LogP contribution in [-0.2, 0) is 14.8 Å². The number of rotatable bonds is 3. The smallest absolute Gasteiger partial charge is 0.241 e. The molecule has 0 aromatic heterocycles. The second-order valence-electron chi connectivity index (χ2n) is 4.63. The maximum atomic E-state index is 12.2. The van der Waals surface area contributed by atoms with E-state index in [2.05, 4.69) is 20.7 Å². The zero-order valence-electron chi connectivity index (χ0n) is 10.7. The monoisotopic (exact) mass is 346 g/mol. The molecule has 5 nitrogen and oxygen atoms in total. The van der Waals surface area contributed by atoms with Gasteiger partial charge in [0.25, 0.3) is 0 Å². The second kappa shape index (κ2) is 5.22. The first-order valence-corrected chi connectivity index (χ1v) is 8.12. The van der Waals surface area contributed by atoms with Crippen molar-refractivity contribution in [3.63, 3.8) is 0 Å². The molecule has 1 unspecified atom stereocenters. The van der Waals surface area contributed by atoms with Gasteiger partial charge in [0.2, 0.25) is 15.9 Å². The summed E-state index contributed by atoms with van der Waals surface area (Å²) >= 11 is 3.33. The Bertz CT molecular complexity index is 615. The minimum atomic E-state index is -3.66. The van der Waals surface area contributed by atoms with Crippen LogP contribution in [0.4, 0.5) is 0 Å². The standard InChI is InChI=1S/C12H15BrN2O3S/c1-8-7-9(3-4-10(8)13)19(17,18)14-11-5-6-15(2)12(11)16/h3-4,7,11,14H,5-6H2,1-2H3. The van der Waals surface area contributed by atoms with Gasteiger partial charge in [0, 0.05) is 18.1 Å². The van der Waals surface area contributed by atoms with E-state index in [1.165, 1.54) is 11.0 Å². The lowest BCUT2D eigenvalue weighted by atomic mass is 10.2. The van der Waals surface area contributed by atoms with Gasteiger partial charge in [-0.25, -0.2) is 8.42 Å². The lowest BCUT2D eigenvalue weighted by Gasteiger charge is -2.13.